The van der Waals surface area contributed by atoms with Crippen LogP contribution in [0.25, 0.3) is 0 Å². The quantitative estimate of drug-likeness (QED) is 0.573. The van der Waals surface area contributed by atoms with Gasteiger partial charge in [0.15, 0.2) is 5.78 Å². The topological polar surface area (TPSA) is 17.1 Å². The van der Waals surface area contributed by atoms with Gasteiger partial charge in [-0.3, -0.25) is 4.79 Å². The standard InChI is InChI=1S/C13H18O/c14-13-8-9-4-3-7-10(9)11-5-1-2-6-12(11)13/h9-10H,1-8H2. The molecule has 0 aromatic carbocycles. The van der Waals surface area contributed by atoms with Crippen LogP contribution in [0.3, 0.4) is 0 Å². The Kier molecular flexibility index (Phi) is 2.00. The van der Waals surface area contributed by atoms with Gasteiger partial charge in [0.2, 0.25) is 0 Å². The number of Topliss-reactive ketones (excluding diaryl/α,β-unsaturated/α-hetero) is 1. The molecule has 2 atom stereocenters. The van der Waals surface area contributed by atoms with Crippen molar-refractivity contribution in [2.75, 3.05) is 0 Å². The number of allylic oxidation sites excluding steroid dienone is 2. The van der Waals surface area contributed by atoms with Crippen molar-refractivity contribution in [3.8, 4) is 0 Å². The third-order valence-corrected chi connectivity index (χ3v) is 4.40. The van der Waals surface area contributed by atoms with Gasteiger partial charge in [0.1, 0.15) is 0 Å². The number of ketones is 1. The van der Waals surface area contributed by atoms with Crippen molar-refractivity contribution < 1.29 is 4.79 Å². The second-order valence-electron chi connectivity index (χ2n) is 5.14. The minimum atomic E-state index is 0.503. The zero-order valence-corrected chi connectivity index (χ0v) is 8.72. The number of carbonyl (C=O) groups is 1. The van der Waals surface area contributed by atoms with E-state index < -0.39 is 0 Å². The van der Waals surface area contributed by atoms with E-state index in [0.29, 0.717) is 5.78 Å². The van der Waals surface area contributed by atoms with Gasteiger partial charge in [-0.15, -0.1) is 0 Å². The van der Waals surface area contributed by atoms with E-state index in [0.717, 1.165) is 24.7 Å². The normalized spacial score (nSPS) is 37.0. The molecule has 0 aromatic rings. The molecule has 2 unspecified atom stereocenters. The largest absolute Gasteiger partial charge is 0.295 e. The summed E-state index contributed by atoms with van der Waals surface area (Å²) in [6.07, 6.45) is 9.84. The molecule has 3 aliphatic rings. The molecule has 0 spiro atoms. The lowest BCUT2D eigenvalue weighted by molar-refractivity contribution is -0.117. The Balaban J connectivity index is 2.00. The van der Waals surface area contributed by atoms with Gasteiger partial charge >= 0.3 is 0 Å². The first-order valence-electron chi connectivity index (χ1n) is 6.11. The minimum absolute atomic E-state index is 0.503. The van der Waals surface area contributed by atoms with Crippen molar-refractivity contribution in [3.63, 3.8) is 0 Å². The van der Waals surface area contributed by atoms with Gasteiger partial charge in [-0.2, -0.15) is 0 Å². The van der Waals surface area contributed by atoms with Crippen LogP contribution in [0.5, 0.6) is 0 Å². The van der Waals surface area contributed by atoms with E-state index in [-0.39, 0.29) is 0 Å². The lowest BCUT2D eigenvalue weighted by Gasteiger charge is -2.33. The third kappa shape index (κ3) is 1.18. The molecule has 3 rings (SSSR count). The van der Waals surface area contributed by atoms with E-state index >= 15 is 0 Å². The summed E-state index contributed by atoms with van der Waals surface area (Å²) < 4.78 is 0. The predicted octanol–water partition coefficient (Wildman–Crippen LogP) is 3.25. The van der Waals surface area contributed by atoms with Gasteiger partial charge in [0.05, 0.1) is 0 Å². The Labute approximate surface area is 85.6 Å². The average Bonchev–Trinajstić information content (AvgIpc) is 2.66. The van der Waals surface area contributed by atoms with E-state index in [1.165, 1.54) is 44.1 Å². The summed E-state index contributed by atoms with van der Waals surface area (Å²) in [6, 6.07) is 0. The van der Waals surface area contributed by atoms with Crippen molar-refractivity contribution >= 4 is 5.78 Å². The number of rotatable bonds is 0. The number of hydrogen-bond donors (Lipinski definition) is 0. The van der Waals surface area contributed by atoms with E-state index in [4.69, 9.17) is 0 Å². The van der Waals surface area contributed by atoms with Crippen LogP contribution in [0.15, 0.2) is 11.1 Å². The van der Waals surface area contributed by atoms with E-state index in [1.54, 1.807) is 5.57 Å². The fraction of sp³-hybridized carbons (Fsp3) is 0.769. The molecule has 1 nitrogen and oxygen atoms in total. The van der Waals surface area contributed by atoms with E-state index in [9.17, 15) is 4.79 Å². The summed E-state index contributed by atoms with van der Waals surface area (Å²) in [5.41, 5.74) is 2.86. The maximum absolute atomic E-state index is 11.9. The number of fused-ring (bicyclic) bond motifs is 2. The summed E-state index contributed by atoms with van der Waals surface area (Å²) >= 11 is 0. The molecule has 76 valence electrons. The Morgan fingerprint density at radius 2 is 1.86 bits per heavy atom. The SMILES string of the molecule is O=C1CC2CCCC2C2=C1CCCC2. The highest BCUT2D eigenvalue weighted by atomic mass is 16.1. The Hall–Kier alpha value is -0.590. The molecule has 0 saturated heterocycles. The molecular formula is C13H18O. The van der Waals surface area contributed by atoms with Crippen LogP contribution >= 0.6 is 0 Å². The summed E-state index contributed by atoms with van der Waals surface area (Å²) in [5, 5.41) is 0. The predicted molar refractivity (Wildman–Crippen MR) is 55.9 cm³/mol. The molecule has 0 amide bonds. The molecule has 1 fully saturated rings. The molecule has 1 saturated carbocycles. The van der Waals surface area contributed by atoms with Crippen LogP contribution < -0.4 is 0 Å². The first kappa shape index (κ1) is 8.70. The van der Waals surface area contributed by atoms with Gasteiger partial charge in [-0.25, -0.2) is 0 Å². The van der Waals surface area contributed by atoms with E-state index in [1.807, 2.05) is 0 Å². The van der Waals surface area contributed by atoms with Crippen molar-refractivity contribution in [3.05, 3.63) is 11.1 Å². The van der Waals surface area contributed by atoms with Crippen molar-refractivity contribution in [2.24, 2.45) is 11.8 Å². The average molecular weight is 190 g/mol. The molecule has 3 aliphatic carbocycles. The van der Waals surface area contributed by atoms with Crippen molar-refractivity contribution in [2.45, 2.75) is 51.4 Å². The lowest BCUT2D eigenvalue weighted by atomic mass is 9.71. The third-order valence-electron chi connectivity index (χ3n) is 4.40. The first-order valence-corrected chi connectivity index (χ1v) is 6.11. The summed E-state index contributed by atoms with van der Waals surface area (Å²) in [6.45, 7) is 0. The number of hydrogen-bond acceptors (Lipinski definition) is 1. The maximum atomic E-state index is 11.9. The molecule has 14 heavy (non-hydrogen) atoms. The second kappa shape index (κ2) is 3.22. The minimum Gasteiger partial charge on any atom is -0.295 e. The van der Waals surface area contributed by atoms with Gasteiger partial charge in [0.25, 0.3) is 0 Å². The van der Waals surface area contributed by atoms with Gasteiger partial charge in [-0.1, -0.05) is 12.0 Å². The van der Waals surface area contributed by atoms with E-state index in [2.05, 4.69) is 0 Å². The molecule has 0 aliphatic heterocycles. The Bertz CT molecular complexity index is 300. The smallest absolute Gasteiger partial charge is 0.159 e. The second-order valence-corrected chi connectivity index (χ2v) is 5.14. The zero-order valence-electron chi connectivity index (χ0n) is 8.72. The van der Waals surface area contributed by atoms with Crippen molar-refractivity contribution in [1.82, 2.24) is 0 Å². The molecule has 0 N–H and O–H groups in total. The monoisotopic (exact) mass is 190 g/mol. The summed E-state index contributed by atoms with van der Waals surface area (Å²) in [7, 11) is 0. The van der Waals surface area contributed by atoms with Crippen LogP contribution in [0, 0.1) is 11.8 Å². The van der Waals surface area contributed by atoms with Crippen LogP contribution in [0.1, 0.15) is 51.4 Å². The fourth-order valence-corrected chi connectivity index (χ4v) is 3.76. The highest BCUT2D eigenvalue weighted by Gasteiger charge is 2.38. The molecule has 0 radical (unpaired) electrons. The molecule has 0 aromatic heterocycles. The molecule has 1 heteroatoms. The Morgan fingerprint density at radius 1 is 1.00 bits per heavy atom. The fourth-order valence-electron chi connectivity index (χ4n) is 3.76. The molecule has 0 bridgehead atoms. The molecule has 0 heterocycles. The highest BCUT2D eigenvalue weighted by molar-refractivity contribution is 5.97. The summed E-state index contributed by atoms with van der Waals surface area (Å²) in [5.74, 6) is 2.06. The summed E-state index contributed by atoms with van der Waals surface area (Å²) in [4.78, 5) is 11.9. The number of carbonyl (C=O) groups excluding carboxylic acids is 1. The van der Waals surface area contributed by atoms with Gasteiger partial charge in [0, 0.05) is 6.42 Å². The zero-order chi connectivity index (χ0) is 9.54. The van der Waals surface area contributed by atoms with Crippen LogP contribution in [-0.4, -0.2) is 5.78 Å². The van der Waals surface area contributed by atoms with Crippen LogP contribution in [0.2, 0.25) is 0 Å². The Morgan fingerprint density at radius 3 is 2.79 bits per heavy atom. The van der Waals surface area contributed by atoms with Gasteiger partial charge < -0.3 is 0 Å². The first-order chi connectivity index (χ1) is 6.86. The van der Waals surface area contributed by atoms with Gasteiger partial charge in [-0.05, 0) is 55.9 Å². The highest BCUT2D eigenvalue weighted by Crippen LogP contribution is 2.47. The van der Waals surface area contributed by atoms with Crippen LogP contribution in [0.4, 0.5) is 0 Å². The molecular weight excluding hydrogens is 172 g/mol. The van der Waals surface area contributed by atoms with Crippen LogP contribution in [-0.2, 0) is 4.79 Å². The van der Waals surface area contributed by atoms with Crippen molar-refractivity contribution in [1.29, 1.82) is 0 Å². The lowest BCUT2D eigenvalue weighted by Crippen LogP contribution is -2.26. The maximum Gasteiger partial charge on any atom is 0.159 e.